The molecule has 2 nitrogen and oxygen atoms in total. The van der Waals surface area contributed by atoms with Gasteiger partial charge in [-0.15, -0.1) is 0 Å². The largest absolute Gasteiger partial charge is 0.387 e. The third kappa shape index (κ3) is 1.69. The molecule has 0 aromatic heterocycles. The number of nitrogens with one attached hydrogen (secondary N) is 2. The average Bonchev–Trinajstić information content (AvgIpc) is 2.87. The van der Waals surface area contributed by atoms with Crippen molar-refractivity contribution in [2.24, 2.45) is 11.8 Å². The van der Waals surface area contributed by atoms with Crippen LogP contribution >= 0.6 is 0 Å². The van der Waals surface area contributed by atoms with Gasteiger partial charge in [0, 0.05) is 12.7 Å². The van der Waals surface area contributed by atoms with Crippen LogP contribution < -0.4 is 10.6 Å². The number of hydrogen-bond donors (Lipinski definition) is 2. The van der Waals surface area contributed by atoms with Crippen LogP contribution in [0.1, 0.15) is 25.7 Å². The highest BCUT2D eigenvalue weighted by atomic mass is 15.0. The van der Waals surface area contributed by atoms with Gasteiger partial charge in [0.1, 0.15) is 0 Å². The monoisotopic (exact) mass is 202 g/mol. The molecule has 0 bridgehead atoms. The molecule has 0 heterocycles. The summed E-state index contributed by atoms with van der Waals surface area (Å²) < 4.78 is 0. The Labute approximate surface area is 91.1 Å². The van der Waals surface area contributed by atoms with Gasteiger partial charge in [-0.1, -0.05) is 18.2 Å². The van der Waals surface area contributed by atoms with Crippen LogP contribution in [0.3, 0.4) is 0 Å². The van der Waals surface area contributed by atoms with Crippen molar-refractivity contribution in [1.29, 1.82) is 0 Å². The Morgan fingerprint density at radius 3 is 2.67 bits per heavy atom. The lowest BCUT2D eigenvalue weighted by Crippen LogP contribution is -2.22. The predicted octanol–water partition coefficient (Wildman–Crippen LogP) is 2.28. The number of fused-ring (bicyclic) bond motifs is 1. The molecular formula is C13H18N2. The maximum atomic E-state index is 3.57. The molecule has 1 saturated carbocycles. The van der Waals surface area contributed by atoms with E-state index in [4.69, 9.17) is 0 Å². The molecular weight excluding hydrogens is 184 g/mol. The third-order valence-corrected chi connectivity index (χ3v) is 3.59. The Balaban J connectivity index is 1.69. The first-order valence-electron chi connectivity index (χ1n) is 5.93. The number of rotatable bonds is 3. The summed E-state index contributed by atoms with van der Waals surface area (Å²) in [5.41, 5.74) is 3.96. The van der Waals surface area contributed by atoms with Crippen LogP contribution in [0.4, 0.5) is 0 Å². The number of likely N-dealkylation sites (N-methyl/N-ethyl adjacent to an activating group) is 1. The molecule has 2 heteroatoms. The first-order valence-corrected chi connectivity index (χ1v) is 5.93. The highest BCUT2D eigenvalue weighted by Gasteiger charge is 2.40. The zero-order valence-electron chi connectivity index (χ0n) is 9.22. The van der Waals surface area contributed by atoms with Crippen LogP contribution in [-0.2, 0) is 0 Å². The number of allylic oxidation sites excluding steroid dienone is 4. The Morgan fingerprint density at radius 2 is 2.00 bits per heavy atom. The average molecular weight is 202 g/mol. The zero-order chi connectivity index (χ0) is 10.3. The van der Waals surface area contributed by atoms with E-state index in [1.807, 2.05) is 7.05 Å². The molecule has 80 valence electrons. The molecule has 0 aromatic rings. The fourth-order valence-corrected chi connectivity index (χ4v) is 2.61. The fraction of sp³-hybridized carbons (Fsp3) is 0.538. The maximum absolute atomic E-state index is 3.57. The van der Waals surface area contributed by atoms with Crippen molar-refractivity contribution in [3.8, 4) is 0 Å². The summed E-state index contributed by atoms with van der Waals surface area (Å²) in [6.45, 7) is 0. The van der Waals surface area contributed by atoms with E-state index in [2.05, 4.69) is 28.9 Å². The van der Waals surface area contributed by atoms with E-state index in [9.17, 15) is 0 Å². The summed E-state index contributed by atoms with van der Waals surface area (Å²) in [4.78, 5) is 0. The van der Waals surface area contributed by atoms with Gasteiger partial charge in [0.05, 0.1) is 11.4 Å². The van der Waals surface area contributed by atoms with Gasteiger partial charge in [-0.05, 0) is 37.5 Å². The molecule has 2 N–H and O–H groups in total. The molecule has 0 amide bonds. The molecule has 0 aliphatic heterocycles. The lowest BCUT2D eigenvalue weighted by atomic mass is 10.1. The summed E-state index contributed by atoms with van der Waals surface area (Å²) >= 11 is 0. The minimum absolute atomic E-state index is 0.902. The Kier molecular flexibility index (Phi) is 2.08. The fourth-order valence-electron chi connectivity index (χ4n) is 2.61. The summed E-state index contributed by atoms with van der Waals surface area (Å²) in [5.74, 6) is 1.87. The quantitative estimate of drug-likeness (QED) is 0.733. The highest BCUT2D eigenvalue weighted by Crippen LogP contribution is 2.49. The van der Waals surface area contributed by atoms with Gasteiger partial charge in [0.25, 0.3) is 0 Å². The standard InChI is InChI=1S/C13H18N2/c1-14-12-4-2-3-5-13(12)15-11-7-9-6-10(9)8-11/h4-5,7,9-10,14-15H,2-3,6,8H2,1H3/t9-,10?/m1/s1. The summed E-state index contributed by atoms with van der Waals surface area (Å²) in [5, 5.41) is 6.82. The Morgan fingerprint density at radius 1 is 1.20 bits per heavy atom. The van der Waals surface area contributed by atoms with E-state index in [1.54, 1.807) is 0 Å². The molecule has 0 aromatic carbocycles. The van der Waals surface area contributed by atoms with E-state index in [0.29, 0.717) is 0 Å². The van der Waals surface area contributed by atoms with Gasteiger partial charge in [-0.25, -0.2) is 0 Å². The first kappa shape index (κ1) is 9.08. The van der Waals surface area contributed by atoms with Crippen LogP contribution in [-0.4, -0.2) is 7.05 Å². The van der Waals surface area contributed by atoms with Crippen molar-refractivity contribution < 1.29 is 0 Å². The molecule has 2 atom stereocenters. The van der Waals surface area contributed by atoms with E-state index < -0.39 is 0 Å². The van der Waals surface area contributed by atoms with Gasteiger partial charge in [0.2, 0.25) is 0 Å². The normalized spacial score (nSPS) is 32.5. The Hall–Kier alpha value is -1.18. The molecule has 3 aliphatic rings. The second-order valence-electron chi connectivity index (χ2n) is 4.74. The predicted molar refractivity (Wildman–Crippen MR) is 61.9 cm³/mol. The van der Waals surface area contributed by atoms with Gasteiger partial charge in [0.15, 0.2) is 0 Å². The maximum Gasteiger partial charge on any atom is 0.0573 e. The molecule has 15 heavy (non-hydrogen) atoms. The van der Waals surface area contributed by atoms with Crippen molar-refractivity contribution in [3.05, 3.63) is 35.3 Å². The van der Waals surface area contributed by atoms with Crippen molar-refractivity contribution in [2.45, 2.75) is 25.7 Å². The molecule has 1 fully saturated rings. The van der Waals surface area contributed by atoms with Crippen LogP contribution in [0.25, 0.3) is 0 Å². The molecule has 0 radical (unpaired) electrons. The van der Waals surface area contributed by atoms with Gasteiger partial charge in [-0.2, -0.15) is 0 Å². The lowest BCUT2D eigenvalue weighted by molar-refractivity contribution is 0.762. The minimum Gasteiger partial charge on any atom is -0.387 e. The van der Waals surface area contributed by atoms with Crippen molar-refractivity contribution in [2.75, 3.05) is 7.05 Å². The zero-order valence-corrected chi connectivity index (χ0v) is 9.22. The second-order valence-corrected chi connectivity index (χ2v) is 4.74. The van der Waals surface area contributed by atoms with E-state index >= 15 is 0 Å². The van der Waals surface area contributed by atoms with E-state index in [1.165, 1.54) is 29.9 Å². The van der Waals surface area contributed by atoms with Gasteiger partial charge >= 0.3 is 0 Å². The van der Waals surface area contributed by atoms with Crippen LogP contribution in [0.15, 0.2) is 35.3 Å². The van der Waals surface area contributed by atoms with Gasteiger partial charge in [-0.3, -0.25) is 0 Å². The molecule has 1 unspecified atom stereocenters. The first-order chi connectivity index (χ1) is 7.36. The molecule has 0 spiro atoms. The third-order valence-electron chi connectivity index (χ3n) is 3.59. The molecule has 0 saturated heterocycles. The second kappa shape index (κ2) is 3.44. The molecule has 3 rings (SSSR count). The molecule has 3 aliphatic carbocycles. The summed E-state index contributed by atoms with van der Waals surface area (Å²) in [6.07, 6.45) is 12.0. The van der Waals surface area contributed by atoms with Crippen LogP contribution in [0.5, 0.6) is 0 Å². The summed E-state index contributed by atoms with van der Waals surface area (Å²) in [7, 11) is 1.99. The topological polar surface area (TPSA) is 24.1 Å². The van der Waals surface area contributed by atoms with Gasteiger partial charge < -0.3 is 10.6 Å². The van der Waals surface area contributed by atoms with E-state index in [0.717, 1.165) is 24.7 Å². The SMILES string of the molecule is CNC1=CCCC=C1NC1=C[C@H]2CC2C1. The Bertz CT molecular complexity index is 363. The number of hydrogen-bond acceptors (Lipinski definition) is 2. The lowest BCUT2D eigenvalue weighted by Gasteiger charge is -2.18. The van der Waals surface area contributed by atoms with Crippen LogP contribution in [0, 0.1) is 11.8 Å². The minimum atomic E-state index is 0.902. The van der Waals surface area contributed by atoms with Crippen molar-refractivity contribution >= 4 is 0 Å². The van der Waals surface area contributed by atoms with Crippen LogP contribution in [0.2, 0.25) is 0 Å². The van der Waals surface area contributed by atoms with Crippen molar-refractivity contribution in [3.63, 3.8) is 0 Å². The smallest absolute Gasteiger partial charge is 0.0573 e. The highest BCUT2D eigenvalue weighted by molar-refractivity contribution is 5.35. The van der Waals surface area contributed by atoms with E-state index in [-0.39, 0.29) is 0 Å². The summed E-state index contributed by atoms with van der Waals surface area (Å²) in [6, 6.07) is 0. The van der Waals surface area contributed by atoms with Crippen molar-refractivity contribution in [1.82, 2.24) is 10.6 Å².